The highest BCUT2D eigenvalue weighted by Crippen LogP contribution is 2.35. The summed E-state index contributed by atoms with van der Waals surface area (Å²) in [5.74, 6) is 0.862. The Morgan fingerprint density at radius 3 is 2.91 bits per heavy atom. The van der Waals surface area contributed by atoms with Gasteiger partial charge in [0.05, 0.1) is 5.69 Å². The van der Waals surface area contributed by atoms with E-state index in [1.807, 2.05) is 25.1 Å². The van der Waals surface area contributed by atoms with Gasteiger partial charge in [0.15, 0.2) is 0 Å². The van der Waals surface area contributed by atoms with Gasteiger partial charge in [-0.3, -0.25) is 14.1 Å². The second kappa shape index (κ2) is 6.08. The minimum atomic E-state index is 0.0419. The molecule has 0 bridgehead atoms. The molecule has 0 aromatic carbocycles. The molecule has 0 N–H and O–H groups in total. The zero-order valence-corrected chi connectivity index (χ0v) is 13.9. The molecule has 2 aromatic heterocycles. The fourth-order valence-corrected chi connectivity index (χ4v) is 4.58. The molecule has 1 aliphatic heterocycles. The first kappa shape index (κ1) is 14.9. The lowest BCUT2D eigenvalue weighted by Gasteiger charge is -2.44. The maximum absolute atomic E-state index is 12.4. The van der Waals surface area contributed by atoms with Gasteiger partial charge in [-0.05, 0) is 57.2 Å². The molecule has 0 radical (unpaired) electrons. The van der Waals surface area contributed by atoms with Gasteiger partial charge in [-0.2, -0.15) is 0 Å². The van der Waals surface area contributed by atoms with Gasteiger partial charge < -0.3 is 0 Å². The summed E-state index contributed by atoms with van der Waals surface area (Å²) in [5, 5.41) is 0. The van der Waals surface area contributed by atoms with Gasteiger partial charge >= 0.3 is 0 Å². The first-order valence-electron chi connectivity index (χ1n) is 8.95. The topological polar surface area (TPSA) is 37.6 Å². The van der Waals surface area contributed by atoms with Crippen molar-refractivity contribution < 1.29 is 0 Å². The number of nitrogens with zero attached hydrogens (tertiary/aromatic N) is 3. The van der Waals surface area contributed by atoms with Crippen LogP contribution in [0.1, 0.15) is 49.9 Å². The number of pyridine rings is 1. The standard InChI is InChI=1S/C19H25N3O/c1-14-6-4-10-18-20-16(12-19(23)22(14)18)13-21-11-5-8-15-7-2-3-9-17(15)21/h4,6,10,12,15,17H,2-3,5,7-9,11,13H2,1H3/t15-,17-/m0/s1. The Morgan fingerprint density at radius 1 is 1.17 bits per heavy atom. The maximum Gasteiger partial charge on any atom is 0.258 e. The lowest BCUT2D eigenvalue weighted by Crippen LogP contribution is -2.46. The number of aryl methyl sites for hydroxylation is 1. The van der Waals surface area contributed by atoms with E-state index in [1.54, 1.807) is 10.5 Å². The predicted octanol–water partition coefficient (Wildman–Crippen LogP) is 3.16. The van der Waals surface area contributed by atoms with Crippen molar-refractivity contribution in [3.8, 4) is 0 Å². The van der Waals surface area contributed by atoms with Crippen LogP contribution >= 0.6 is 0 Å². The summed E-state index contributed by atoms with van der Waals surface area (Å²) < 4.78 is 1.70. The van der Waals surface area contributed by atoms with Crippen LogP contribution < -0.4 is 5.56 Å². The summed E-state index contributed by atoms with van der Waals surface area (Å²) in [6, 6.07) is 8.28. The fourth-order valence-electron chi connectivity index (χ4n) is 4.58. The number of aromatic nitrogens is 2. The minimum absolute atomic E-state index is 0.0419. The average molecular weight is 311 g/mol. The van der Waals surface area contributed by atoms with Crippen LogP contribution in [-0.2, 0) is 6.54 Å². The highest BCUT2D eigenvalue weighted by atomic mass is 16.1. The number of likely N-dealkylation sites (tertiary alicyclic amines) is 1. The van der Waals surface area contributed by atoms with Crippen molar-refractivity contribution in [3.63, 3.8) is 0 Å². The van der Waals surface area contributed by atoms with E-state index in [-0.39, 0.29) is 5.56 Å². The van der Waals surface area contributed by atoms with E-state index in [9.17, 15) is 4.79 Å². The molecule has 2 atom stereocenters. The second-order valence-electron chi connectivity index (χ2n) is 7.17. The predicted molar refractivity (Wildman–Crippen MR) is 91.6 cm³/mol. The van der Waals surface area contributed by atoms with Crippen molar-refractivity contribution in [2.24, 2.45) is 5.92 Å². The minimum Gasteiger partial charge on any atom is -0.294 e. The summed E-state index contributed by atoms with van der Waals surface area (Å²) in [6.45, 7) is 3.92. The molecule has 0 amide bonds. The molecule has 1 aliphatic carbocycles. The van der Waals surface area contributed by atoms with E-state index in [0.29, 0.717) is 6.04 Å². The Hall–Kier alpha value is -1.68. The van der Waals surface area contributed by atoms with Crippen LogP contribution in [0.25, 0.3) is 5.65 Å². The van der Waals surface area contributed by atoms with Crippen molar-refractivity contribution in [2.75, 3.05) is 6.54 Å². The monoisotopic (exact) mass is 311 g/mol. The van der Waals surface area contributed by atoms with Crippen LogP contribution in [0, 0.1) is 12.8 Å². The Morgan fingerprint density at radius 2 is 2.00 bits per heavy atom. The van der Waals surface area contributed by atoms with Crippen molar-refractivity contribution in [1.82, 2.24) is 14.3 Å². The van der Waals surface area contributed by atoms with Gasteiger partial charge in [-0.1, -0.05) is 18.9 Å². The number of piperidine rings is 1. The molecule has 1 saturated heterocycles. The first-order chi connectivity index (χ1) is 11.2. The third-order valence-electron chi connectivity index (χ3n) is 5.66. The molecular formula is C19H25N3O. The summed E-state index contributed by atoms with van der Waals surface area (Å²) in [5.41, 5.74) is 2.67. The SMILES string of the molecule is Cc1cccc2nc(CN3CCC[C@@H]4CCCC[C@@H]43)cc(=O)n12. The van der Waals surface area contributed by atoms with Gasteiger partial charge in [0.25, 0.3) is 5.56 Å². The van der Waals surface area contributed by atoms with Crippen LogP contribution in [0.2, 0.25) is 0 Å². The number of hydrogen-bond donors (Lipinski definition) is 0. The van der Waals surface area contributed by atoms with E-state index < -0.39 is 0 Å². The molecule has 2 aliphatic rings. The second-order valence-corrected chi connectivity index (χ2v) is 7.17. The van der Waals surface area contributed by atoms with E-state index in [2.05, 4.69) is 4.90 Å². The summed E-state index contributed by atoms with van der Waals surface area (Å²) in [7, 11) is 0. The van der Waals surface area contributed by atoms with E-state index in [4.69, 9.17) is 4.98 Å². The van der Waals surface area contributed by atoms with Crippen molar-refractivity contribution in [2.45, 2.75) is 58.0 Å². The Kier molecular flexibility index (Phi) is 3.93. The van der Waals surface area contributed by atoms with E-state index >= 15 is 0 Å². The maximum atomic E-state index is 12.4. The van der Waals surface area contributed by atoms with Crippen LogP contribution in [0.3, 0.4) is 0 Å². The third kappa shape index (κ3) is 2.80. The molecule has 2 aromatic rings. The first-order valence-corrected chi connectivity index (χ1v) is 8.95. The molecule has 1 saturated carbocycles. The van der Waals surface area contributed by atoms with E-state index in [0.717, 1.165) is 36.0 Å². The molecule has 4 heteroatoms. The van der Waals surface area contributed by atoms with Gasteiger partial charge in [-0.15, -0.1) is 0 Å². The quantitative estimate of drug-likeness (QED) is 0.855. The largest absolute Gasteiger partial charge is 0.294 e. The smallest absolute Gasteiger partial charge is 0.258 e. The van der Waals surface area contributed by atoms with Crippen molar-refractivity contribution in [1.29, 1.82) is 0 Å². The van der Waals surface area contributed by atoms with Crippen LogP contribution in [-0.4, -0.2) is 26.9 Å². The molecule has 4 nitrogen and oxygen atoms in total. The normalized spacial score (nSPS) is 25.4. The highest BCUT2D eigenvalue weighted by molar-refractivity contribution is 5.40. The van der Waals surface area contributed by atoms with Crippen LogP contribution in [0.5, 0.6) is 0 Å². The van der Waals surface area contributed by atoms with Crippen molar-refractivity contribution >= 4 is 5.65 Å². The molecule has 122 valence electrons. The summed E-state index contributed by atoms with van der Waals surface area (Å²) in [4.78, 5) is 19.8. The number of fused-ring (bicyclic) bond motifs is 2. The fraction of sp³-hybridized carbons (Fsp3) is 0.579. The van der Waals surface area contributed by atoms with E-state index in [1.165, 1.54) is 38.5 Å². The molecule has 2 fully saturated rings. The highest BCUT2D eigenvalue weighted by Gasteiger charge is 2.33. The number of hydrogen-bond acceptors (Lipinski definition) is 3. The zero-order valence-electron chi connectivity index (χ0n) is 13.9. The summed E-state index contributed by atoms with van der Waals surface area (Å²) in [6.07, 6.45) is 8.11. The third-order valence-corrected chi connectivity index (χ3v) is 5.66. The van der Waals surface area contributed by atoms with Gasteiger partial charge in [0.1, 0.15) is 5.65 Å². The Bertz CT molecular complexity index is 765. The summed E-state index contributed by atoms with van der Waals surface area (Å²) >= 11 is 0. The molecule has 0 spiro atoms. The van der Waals surface area contributed by atoms with Crippen molar-refractivity contribution in [3.05, 3.63) is 46.0 Å². The zero-order chi connectivity index (χ0) is 15.8. The molecular weight excluding hydrogens is 286 g/mol. The Balaban J connectivity index is 1.63. The molecule has 23 heavy (non-hydrogen) atoms. The Labute approximate surface area is 137 Å². The van der Waals surface area contributed by atoms with Gasteiger partial charge in [0.2, 0.25) is 0 Å². The number of rotatable bonds is 2. The van der Waals surface area contributed by atoms with Gasteiger partial charge in [0, 0.05) is 24.3 Å². The molecule has 0 unspecified atom stereocenters. The molecule has 4 rings (SSSR count). The lowest BCUT2D eigenvalue weighted by atomic mass is 9.78. The average Bonchev–Trinajstić information content (AvgIpc) is 2.55. The van der Waals surface area contributed by atoms with Crippen LogP contribution in [0.15, 0.2) is 29.1 Å². The van der Waals surface area contributed by atoms with Gasteiger partial charge in [-0.25, -0.2) is 4.98 Å². The lowest BCUT2D eigenvalue weighted by molar-refractivity contribution is 0.0537. The van der Waals surface area contributed by atoms with Crippen LogP contribution in [0.4, 0.5) is 0 Å². The molecule has 3 heterocycles.